The predicted octanol–water partition coefficient (Wildman–Crippen LogP) is -0.671. The van der Waals surface area contributed by atoms with Gasteiger partial charge in [0.15, 0.2) is 0 Å². The number of hydrogen-bond acceptors (Lipinski definition) is 5. The molecular weight excluding hydrogens is 256 g/mol. The van der Waals surface area contributed by atoms with E-state index >= 15 is 0 Å². The molecule has 1 aromatic rings. The number of rotatable bonds is 6. The van der Waals surface area contributed by atoms with Crippen LogP contribution in [0, 0.1) is 0 Å². The summed E-state index contributed by atoms with van der Waals surface area (Å²) in [5, 5.41) is 2.92. The van der Waals surface area contributed by atoms with E-state index < -0.39 is 15.9 Å². The van der Waals surface area contributed by atoms with Crippen molar-refractivity contribution in [3.05, 3.63) is 23.8 Å². The lowest BCUT2D eigenvalue weighted by atomic mass is 10.1. The number of primary amides is 1. The Morgan fingerprint density at radius 2 is 2.00 bits per heavy atom. The molecule has 6 N–H and O–H groups in total. The van der Waals surface area contributed by atoms with E-state index in [1.807, 2.05) is 0 Å². The molecule has 7 nitrogen and oxygen atoms in total. The number of carbonyl (C=O) groups is 1. The maximum Gasteiger partial charge on any atom is 0.250 e. The van der Waals surface area contributed by atoms with Crippen molar-refractivity contribution in [2.24, 2.45) is 5.73 Å². The summed E-state index contributed by atoms with van der Waals surface area (Å²) in [6, 6.07) is 4.85. The molecule has 0 spiro atoms. The van der Waals surface area contributed by atoms with Gasteiger partial charge in [0.1, 0.15) is 0 Å². The maximum atomic E-state index is 11.1. The first-order valence-corrected chi connectivity index (χ1v) is 7.07. The molecule has 0 saturated heterocycles. The summed E-state index contributed by atoms with van der Waals surface area (Å²) in [6.07, 6.45) is 1.08. The topological polar surface area (TPSA) is 127 Å². The van der Waals surface area contributed by atoms with Gasteiger partial charge in [0.25, 0.3) is 5.91 Å². The molecule has 100 valence electrons. The SMILES string of the molecule is CS(=O)(=O)NCCNc1cccc(C(N)=O)c1N. The van der Waals surface area contributed by atoms with Gasteiger partial charge in [0.2, 0.25) is 10.0 Å². The van der Waals surface area contributed by atoms with E-state index in [0.717, 1.165) is 6.26 Å². The van der Waals surface area contributed by atoms with E-state index in [4.69, 9.17) is 11.5 Å². The van der Waals surface area contributed by atoms with Crippen LogP contribution in [-0.2, 0) is 10.0 Å². The molecule has 0 saturated carbocycles. The minimum Gasteiger partial charge on any atom is -0.396 e. The second kappa shape index (κ2) is 5.69. The van der Waals surface area contributed by atoms with Gasteiger partial charge in [-0.2, -0.15) is 0 Å². The molecule has 1 amide bonds. The number of benzene rings is 1. The molecule has 0 aromatic heterocycles. The first-order valence-electron chi connectivity index (χ1n) is 5.18. The Hall–Kier alpha value is -1.80. The van der Waals surface area contributed by atoms with Gasteiger partial charge >= 0.3 is 0 Å². The molecule has 1 aromatic carbocycles. The minimum atomic E-state index is -3.21. The summed E-state index contributed by atoms with van der Waals surface area (Å²) in [7, 11) is -3.21. The van der Waals surface area contributed by atoms with E-state index in [-0.39, 0.29) is 17.8 Å². The highest BCUT2D eigenvalue weighted by Crippen LogP contribution is 2.21. The van der Waals surface area contributed by atoms with Crippen molar-refractivity contribution in [2.45, 2.75) is 0 Å². The third-order valence-corrected chi connectivity index (χ3v) is 2.90. The normalized spacial score (nSPS) is 11.2. The van der Waals surface area contributed by atoms with Gasteiger partial charge in [-0.3, -0.25) is 4.79 Å². The van der Waals surface area contributed by atoms with E-state index in [1.165, 1.54) is 6.07 Å². The zero-order valence-corrected chi connectivity index (χ0v) is 10.8. The number of anilines is 2. The van der Waals surface area contributed by atoms with Crippen molar-refractivity contribution in [3.8, 4) is 0 Å². The lowest BCUT2D eigenvalue weighted by molar-refractivity contribution is 0.100. The third-order valence-electron chi connectivity index (χ3n) is 2.18. The Bertz CT molecular complexity index is 542. The van der Waals surface area contributed by atoms with Crippen LogP contribution in [0.1, 0.15) is 10.4 Å². The van der Waals surface area contributed by atoms with Gasteiger partial charge in [-0.15, -0.1) is 0 Å². The first kappa shape index (κ1) is 14.3. The lowest BCUT2D eigenvalue weighted by Crippen LogP contribution is -2.27. The number of nitrogens with one attached hydrogen (secondary N) is 2. The largest absolute Gasteiger partial charge is 0.396 e. The Morgan fingerprint density at radius 1 is 1.33 bits per heavy atom. The van der Waals surface area contributed by atoms with Crippen molar-refractivity contribution in [1.82, 2.24) is 4.72 Å². The van der Waals surface area contributed by atoms with Gasteiger partial charge in [0, 0.05) is 13.1 Å². The molecular formula is C10H16N4O3S. The van der Waals surface area contributed by atoms with Crippen LogP contribution in [0.15, 0.2) is 18.2 Å². The van der Waals surface area contributed by atoms with Gasteiger partial charge < -0.3 is 16.8 Å². The van der Waals surface area contributed by atoms with Gasteiger partial charge in [0.05, 0.1) is 23.2 Å². The molecule has 0 heterocycles. The zero-order chi connectivity index (χ0) is 13.8. The van der Waals surface area contributed by atoms with Crippen LogP contribution < -0.4 is 21.5 Å². The number of nitrogens with two attached hydrogens (primary N) is 2. The van der Waals surface area contributed by atoms with Crippen LogP contribution in [0.3, 0.4) is 0 Å². The number of hydrogen-bond donors (Lipinski definition) is 4. The van der Waals surface area contributed by atoms with E-state index in [9.17, 15) is 13.2 Å². The lowest BCUT2D eigenvalue weighted by Gasteiger charge is -2.11. The molecule has 0 aliphatic carbocycles. The summed E-state index contributed by atoms with van der Waals surface area (Å²) >= 11 is 0. The van der Waals surface area contributed by atoms with Gasteiger partial charge in [-0.05, 0) is 12.1 Å². The van der Waals surface area contributed by atoms with Crippen molar-refractivity contribution < 1.29 is 13.2 Å². The van der Waals surface area contributed by atoms with Crippen molar-refractivity contribution in [1.29, 1.82) is 0 Å². The van der Waals surface area contributed by atoms with Gasteiger partial charge in [-0.1, -0.05) is 6.07 Å². The van der Waals surface area contributed by atoms with Crippen LogP contribution >= 0.6 is 0 Å². The summed E-state index contributed by atoms with van der Waals surface area (Å²) in [5.74, 6) is -0.606. The number of carbonyl (C=O) groups excluding carboxylic acids is 1. The molecule has 0 fully saturated rings. The molecule has 0 bridgehead atoms. The molecule has 0 aliphatic rings. The van der Waals surface area contributed by atoms with Crippen LogP contribution in [-0.4, -0.2) is 33.7 Å². The quantitative estimate of drug-likeness (QED) is 0.403. The second-order valence-electron chi connectivity index (χ2n) is 3.72. The van der Waals surface area contributed by atoms with Gasteiger partial charge in [-0.25, -0.2) is 13.1 Å². The third kappa shape index (κ3) is 4.22. The van der Waals surface area contributed by atoms with Crippen LogP contribution in [0.4, 0.5) is 11.4 Å². The molecule has 8 heteroatoms. The highest BCUT2D eigenvalue weighted by Gasteiger charge is 2.08. The molecule has 18 heavy (non-hydrogen) atoms. The van der Waals surface area contributed by atoms with E-state index in [1.54, 1.807) is 12.1 Å². The summed E-state index contributed by atoms with van der Waals surface area (Å²) in [5.41, 5.74) is 11.9. The standard InChI is InChI=1S/C10H16N4O3S/c1-18(16,17)14-6-5-13-8-4-2-3-7(9(8)11)10(12)15/h2-4,13-14H,5-6,11H2,1H3,(H2,12,15). The second-order valence-corrected chi connectivity index (χ2v) is 5.56. The fraction of sp³-hybridized carbons (Fsp3) is 0.300. The predicted molar refractivity (Wildman–Crippen MR) is 70.7 cm³/mol. The molecule has 0 radical (unpaired) electrons. The fourth-order valence-corrected chi connectivity index (χ4v) is 1.84. The van der Waals surface area contributed by atoms with Crippen LogP contribution in [0.25, 0.3) is 0 Å². The summed E-state index contributed by atoms with van der Waals surface area (Å²) < 4.78 is 24.0. The molecule has 0 unspecified atom stereocenters. The van der Waals surface area contributed by atoms with E-state index in [2.05, 4.69) is 10.0 Å². The number of amides is 1. The Morgan fingerprint density at radius 3 is 2.56 bits per heavy atom. The Labute approximate surface area is 106 Å². The molecule has 0 aliphatic heterocycles. The molecule has 0 atom stereocenters. The summed E-state index contributed by atoms with van der Waals surface area (Å²) in [4.78, 5) is 11.1. The fourth-order valence-electron chi connectivity index (χ4n) is 1.37. The highest BCUT2D eigenvalue weighted by atomic mass is 32.2. The van der Waals surface area contributed by atoms with Crippen molar-refractivity contribution in [3.63, 3.8) is 0 Å². The Balaban J connectivity index is 2.63. The van der Waals surface area contributed by atoms with E-state index in [0.29, 0.717) is 12.2 Å². The maximum absolute atomic E-state index is 11.1. The van der Waals surface area contributed by atoms with Crippen molar-refractivity contribution >= 4 is 27.3 Å². The zero-order valence-electron chi connectivity index (χ0n) is 9.93. The molecule has 1 rings (SSSR count). The number of sulfonamides is 1. The van der Waals surface area contributed by atoms with Crippen LogP contribution in [0.5, 0.6) is 0 Å². The number of para-hydroxylation sites is 1. The highest BCUT2D eigenvalue weighted by molar-refractivity contribution is 7.88. The number of nitrogen functional groups attached to an aromatic ring is 1. The first-order chi connectivity index (χ1) is 8.31. The smallest absolute Gasteiger partial charge is 0.250 e. The average Bonchev–Trinajstić information content (AvgIpc) is 2.24. The average molecular weight is 272 g/mol. The van der Waals surface area contributed by atoms with Crippen LogP contribution in [0.2, 0.25) is 0 Å². The van der Waals surface area contributed by atoms with Crippen molar-refractivity contribution in [2.75, 3.05) is 30.4 Å². The monoisotopic (exact) mass is 272 g/mol. The summed E-state index contributed by atoms with van der Waals surface area (Å²) in [6.45, 7) is 0.568. The minimum absolute atomic E-state index is 0.221. The Kier molecular flexibility index (Phi) is 4.51.